The zero-order valence-corrected chi connectivity index (χ0v) is 18.9. The molecule has 7 heteroatoms. The number of piperidine rings is 1. The first kappa shape index (κ1) is 22.0. The Morgan fingerprint density at radius 3 is 2.68 bits per heavy atom. The van der Waals surface area contributed by atoms with E-state index in [0.29, 0.717) is 30.8 Å². The van der Waals surface area contributed by atoms with E-state index >= 15 is 0 Å². The van der Waals surface area contributed by atoms with Crippen LogP contribution in [0.15, 0.2) is 42.6 Å². The fraction of sp³-hybridized carbons (Fsp3) is 0.500. The molecule has 1 unspecified atom stereocenters. The maximum atomic E-state index is 13.4. The third kappa shape index (κ3) is 5.52. The molecule has 2 aliphatic heterocycles. The molecule has 166 valence electrons. The predicted octanol–water partition coefficient (Wildman–Crippen LogP) is 4.49. The van der Waals surface area contributed by atoms with Crippen LogP contribution >= 0.6 is 12.2 Å². The van der Waals surface area contributed by atoms with Crippen LogP contribution in [0.5, 0.6) is 0 Å². The summed E-state index contributed by atoms with van der Waals surface area (Å²) in [5.41, 5.74) is 1.87. The summed E-state index contributed by atoms with van der Waals surface area (Å²) in [6.07, 6.45) is 6.10. The molecule has 2 fully saturated rings. The first-order valence-electron chi connectivity index (χ1n) is 11.1. The Labute approximate surface area is 189 Å². The van der Waals surface area contributed by atoms with E-state index in [1.807, 2.05) is 24.4 Å². The number of halogens is 1. The highest BCUT2D eigenvalue weighted by atomic mass is 32.1. The lowest BCUT2D eigenvalue weighted by molar-refractivity contribution is 0.0515. The zero-order chi connectivity index (χ0) is 21.7. The van der Waals surface area contributed by atoms with Gasteiger partial charge in [-0.15, -0.1) is 0 Å². The number of hydrogen-bond acceptors (Lipinski definition) is 4. The second-order valence-electron chi connectivity index (χ2n) is 8.81. The molecular weight excluding hydrogens is 411 g/mol. The molecule has 2 N–H and O–H groups in total. The van der Waals surface area contributed by atoms with Crippen molar-refractivity contribution in [3.63, 3.8) is 0 Å². The van der Waals surface area contributed by atoms with E-state index in [1.54, 1.807) is 0 Å². The van der Waals surface area contributed by atoms with Gasteiger partial charge in [-0.25, -0.2) is 9.37 Å². The number of anilines is 2. The summed E-state index contributed by atoms with van der Waals surface area (Å²) in [7, 11) is 0. The average molecular weight is 443 g/mol. The van der Waals surface area contributed by atoms with E-state index in [4.69, 9.17) is 17.0 Å². The largest absolute Gasteiger partial charge is 0.381 e. The molecule has 2 saturated heterocycles. The van der Waals surface area contributed by atoms with E-state index in [0.717, 1.165) is 43.0 Å². The van der Waals surface area contributed by atoms with Crippen LogP contribution in [0.25, 0.3) is 0 Å². The van der Waals surface area contributed by atoms with Crippen molar-refractivity contribution in [2.24, 2.45) is 5.92 Å². The van der Waals surface area contributed by atoms with Crippen molar-refractivity contribution in [3.8, 4) is 0 Å². The van der Waals surface area contributed by atoms with Gasteiger partial charge in [-0.3, -0.25) is 0 Å². The second kappa shape index (κ2) is 9.92. The molecule has 31 heavy (non-hydrogen) atoms. The Balaban J connectivity index is 1.35. The van der Waals surface area contributed by atoms with Gasteiger partial charge in [-0.2, -0.15) is 0 Å². The smallest absolute Gasteiger partial charge is 0.170 e. The van der Waals surface area contributed by atoms with E-state index in [9.17, 15) is 4.39 Å². The van der Waals surface area contributed by atoms with Gasteiger partial charge in [0.1, 0.15) is 11.6 Å². The highest BCUT2D eigenvalue weighted by Gasteiger charge is 2.34. The van der Waals surface area contributed by atoms with Crippen molar-refractivity contribution in [2.45, 2.75) is 38.0 Å². The Hall–Kier alpha value is -2.25. The van der Waals surface area contributed by atoms with E-state index in [1.165, 1.54) is 25.0 Å². The summed E-state index contributed by atoms with van der Waals surface area (Å²) in [6.45, 7) is 6.49. The molecule has 1 atom stereocenters. The number of pyridine rings is 1. The Morgan fingerprint density at radius 2 is 2.00 bits per heavy atom. The molecule has 0 radical (unpaired) electrons. The van der Waals surface area contributed by atoms with Crippen LogP contribution < -0.4 is 15.5 Å². The van der Waals surface area contributed by atoms with E-state index in [2.05, 4.69) is 33.5 Å². The van der Waals surface area contributed by atoms with Gasteiger partial charge in [0.05, 0.1) is 11.9 Å². The number of hydrogen-bond donors (Lipinski definition) is 2. The molecule has 3 heterocycles. The summed E-state index contributed by atoms with van der Waals surface area (Å²) in [5.74, 6) is 1.52. The molecule has 0 amide bonds. The number of benzene rings is 1. The van der Waals surface area contributed by atoms with Gasteiger partial charge in [0.2, 0.25) is 0 Å². The number of nitrogens with one attached hydrogen (secondary N) is 2. The number of aromatic nitrogens is 1. The molecule has 1 aromatic heterocycles. The van der Waals surface area contributed by atoms with E-state index in [-0.39, 0.29) is 11.2 Å². The monoisotopic (exact) mass is 442 g/mol. The topological polar surface area (TPSA) is 49.4 Å². The van der Waals surface area contributed by atoms with Crippen molar-refractivity contribution in [1.82, 2.24) is 10.3 Å². The molecule has 0 saturated carbocycles. The fourth-order valence-electron chi connectivity index (χ4n) is 4.60. The van der Waals surface area contributed by atoms with Crippen molar-refractivity contribution in [3.05, 3.63) is 54.0 Å². The minimum atomic E-state index is -0.217. The summed E-state index contributed by atoms with van der Waals surface area (Å²) >= 11 is 5.55. The summed E-state index contributed by atoms with van der Waals surface area (Å²) < 4.78 is 19.0. The van der Waals surface area contributed by atoms with Crippen molar-refractivity contribution >= 4 is 28.8 Å². The fourth-order valence-corrected chi connectivity index (χ4v) is 4.79. The van der Waals surface area contributed by atoms with Crippen LogP contribution in [-0.2, 0) is 10.2 Å². The van der Waals surface area contributed by atoms with Crippen LogP contribution in [0.3, 0.4) is 0 Å². The molecule has 2 aromatic rings. The highest BCUT2D eigenvalue weighted by molar-refractivity contribution is 7.80. The third-order valence-electron chi connectivity index (χ3n) is 6.48. The third-order valence-corrected chi connectivity index (χ3v) is 6.73. The minimum Gasteiger partial charge on any atom is -0.381 e. The van der Waals surface area contributed by atoms with Gasteiger partial charge in [0.15, 0.2) is 5.11 Å². The van der Waals surface area contributed by atoms with Gasteiger partial charge in [0, 0.05) is 38.3 Å². The molecule has 2 aliphatic rings. The van der Waals surface area contributed by atoms with E-state index < -0.39 is 0 Å². The Kier molecular flexibility index (Phi) is 7.02. The van der Waals surface area contributed by atoms with Crippen LogP contribution in [0.2, 0.25) is 0 Å². The van der Waals surface area contributed by atoms with Crippen molar-refractivity contribution in [1.29, 1.82) is 0 Å². The predicted molar refractivity (Wildman–Crippen MR) is 127 cm³/mol. The maximum Gasteiger partial charge on any atom is 0.170 e. The van der Waals surface area contributed by atoms with Gasteiger partial charge in [-0.05, 0) is 73.6 Å². The number of ether oxygens (including phenoxy) is 1. The lowest BCUT2D eigenvalue weighted by atomic mass is 9.74. The Bertz CT molecular complexity index is 868. The molecule has 0 spiro atoms. The second-order valence-corrected chi connectivity index (χ2v) is 9.21. The van der Waals surface area contributed by atoms with Crippen molar-refractivity contribution in [2.75, 3.05) is 43.1 Å². The minimum absolute atomic E-state index is 0.120. The lowest BCUT2D eigenvalue weighted by Gasteiger charge is -2.38. The number of nitrogens with zero attached hydrogens (tertiary/aromatic N) is 2. The average Bonchev–Trinajstić information content (AvgIpc) is 2.79. The van der Waals surface area contributed by atoms with Crippen LogP contribution in [0, 0.1) is 11.7 Å². The SMILES string of the molecule is CC1CCCN(c2ccc(NC(=S)NCC3(c4ccc(F)cc4)CCOCC3)cn2)C1. The standard InChI is InChI=1S/C24H31FN4OS/c1-18-3-2-12-29(16-18)22-9-8-21(15-26-22)28-23(31)27-17-24(10-13-30-14-11-24)19-4-6-20(25)7-5-19/h4-9,15,18H,2-3,10-14,16-17H2,1H3,(H2,27,28,31). The van der Waals surface area contributed by atoms with Gasteiger partial charge < -0.3 is 20.3 Å². The quantitative estimate of drug-likeness (QED) is 0.666. The lowest BCUT2D eigenvalue weighted by Crippen LogP contribution is -2.45. The summed E-state index contributed by atoms with van der Waals surface area (Å²) in [5, 5.41) is 7.18. The van der Waals surface area contributed by atoms with Crippen LogP contribution in [0.1, 0.15) is 38.2 Å². The zero-order valence-electron chi connectivity index (χ0n) is 18.1. The number of rotatable bonds is 5. The highest BCUT2D eigenvalue weighted by Crippen LogP contribution is 2.34. The molecule has 4 rings (SSSR count). The number of thiocarbonyl (C=S) groups is 1. The maximum absolute atomic E-state index is 13.4. The van der Waals surface area contributed by atoms with Gasteiger partial charge in [-0.1, -0.05) is 19.1 Å². The summed E-state index contributed by atoms with van der Waals surface area (Å²) in [4.78, 5) is 6.99. The molecule has 5 nitrogen and oxygen atoms in total. The first-order valence-corrected chi connectivity index (χ1v) is 11.5. The molecular formula is C24H31FN4OS. The molecule has 1 aromatic carbocycles. The first-order chi connectivity index (χ1) is 15.0. The van der Waals surface area contributed by atoms with Crippen LogP contribution in [-0.4, -0.2) is 42.9 Å². The molecule has 0 aliphatic carbocycles. The summed E-state index contributed by atoms with van der Waals surface area (Å²) in [6, 6.07) is 10.9. The van der Waals surface area contributed by atoms with Crippen LogP contribution in [0.4, 0.5) is 15.9 Å². The Morgan fingerprint density at radius 1 is 1.23 bits per heavy atom. The van der Waals surface area contributed by atoms with Crippen molar-refractivity contribution < 1.29 is 9.13 Å². The molecule has 0 bridgehead atoms. The normalized spacial score (nSPS) is 20.8. The van der Waals surface area contributed by atoms with Gasteiger partial charge in [0.25, 0.3) is 0 Å². The van der Waals surface area contributed by atoms with Gasteiger partial charge >= 0.3 is 0 Å².